The van der Waals surface area contributed by atoms with Crippen molar-refractivity contribution in [3.63, 3.8) is 0 Å². The van der Waals surface area contributed by atoms with Gasteiger partial charge in [0.15, 0.2) is 0 Å². The second kappa shape index (κ2) is 9.78. The SMILES string of the molecule is Cc1cc(N=Nc2ccc(N)c3ccc(S(=O)(=O)O)cc23)c(C)cc1N=Nc1cccc(S(=O)(=O)O)c1. The van der Waals surface area contributed by atoms with Crippen LogP contribution in [0.25, 0.3) is 10.8 Å². The first-order chi connectivity index (χ1) is 17.3. The van der Waals surface area contributed by atoms with Crippen molar-refractivity contribution >= 4 is 59.4 Å². The van der Waals surface area contributed by atoms with Crippen LogP contribution >= 0.6 is 0 Å². The van der Waals surface area contributed by atoms with Crippen molar-refractivity contribution in [3.05, 3.63) is 77.9 Å². The number of nitrogens with zero attached hydrogens (tertiary/aromatic N) is 4. The highest BCUT2D eigenvalue weighted by Crippen LogP contribution is 2.35. The molecule has 37 heavy (non-hydrogen) atoms. The number of azo groups is 2. The highest BCUT2D eigenvalue weighted by Gasteiger charge is 2.13. The summed E-state index contributed by atoms with van der Waals surface area (Å²) in [6.45, 7) is 3.59. The highest BCUT2D eigenvalue weighted by molar-refractivity contribution is 7.86. The molecule has 0 fully saturated rings. The summed E-state index contributed by atoms with van der Waals surface area (Å²) in [6, 6.07) is 16.2. The first-order valence-corrected chi connectivity index (χ1v) is 13.5. The van der Waals surface area contributed by atoms with Gasteiger partial charge in [-0.1, -0.05) is 12.1 Å². The zero-order valence-electron chi connectivity index (χ0n) is 19.6. The smallest absolute Gasteiger partial charge is 0.294 e. The summed E-state index contributed by atoms with van der Waals surface area (Å²) in [5, 5.41) is 17.8. The molecule has 0 bridgehead atoms. The van der Waals surface area contributed by atoms with Crippen molar-refractivity contribution in [2.24, 2.45) is 20.5 Å². The Morgan fingerprint density at radius 3 is 1.81 bits per heavy atom. The van der Waals surface area contributed by atoms with E-state index in [9.17, 15) is 25.9 Å². The van der Waals surface area contributed by atoms with Crippen LogP contribution in [0.5, 0.6) is 0 Å². The van der Waals surface area contributed by atoms with Gasteiger partial charge in [0.05, 0.1) is 32.5 Å². The third kappa shape index (κ3) is 5.86. The maximum Gasteiger partial charge on any atom is 0.294 e. The molecule has 4 N–H and O–H groups in total. The molecule has 0 spiro atoms. The van der Waals surface area contributed by atoms with Gasteiger partial charge >= 0.3 is 0 Å². The molecule has 0 aromatic heterocycles. The van der Waals surface area contributed by atoms with Crippen molar-refractivity contribution in [3.8, 4) is 0 Å². The van der Waals surface area contributed by atoms with Crippen LogP contribution in [-0.2, 0) is 20.2 Å². The van der Waals surface area contributed by atoms with Crippen LogP contribution < -0.4 is 5.73 Å². The van der Waals surface area contributed by atoms with Crippen molar-refractivity contribution in [2.45, 2.75) is 23.6 Å². The molecule has 0 radical (unpaired) electrons. The lowest BCUT2D eigenvalue weighted by atomic mass is 10.1. The van der Waals surface area contributed by atoms with Crippen LogP contribution in [0.2, 0.25) is 0 Å². The van der Waals surface area contributed by atoms with Crippen molar-refractivity contribution in [2.75, 3.05) is 5.73 Å². The second-order valence-electron chi connectivity index (χ2n) is 8.15. The Labute approximate surface area is 212 Å². The fraction of sp³-hybridized carbons (Fsp3) is 0.0833. The molecule has 190 valence electrons. The summed E-state index contributed by atoms with van der Waals surface area (Å²) in [5.74, 6) is 0. The van der Waals surface area contributed by atoms with Gasteiger partial charge in [0.1, 0.15) is 0 Å². The number of nitrogens with two attached hydrogens (primary N) is 1. The monoisotopic (exact) mass is 539 g/mol. The number of hydrogen-bond donors (Lipinski definition) is 3. The average molecular weight is 540 g/mol. The minimum atomic E-state index is -4.42. The molecule has 0 unspecified atom stereocenters. The zero-order chi connectivity index (χ0) is 27.0. The van der Waals surface area contributed by atoms with E-state index in [4.69, 9.17) is 5.73 Å². The molecular formula is C24H21N5O6S2. The van der Waals surface area contributed by atoms with Crippen LogP contribution in [-0.4, -0.2) is 25.9 Å². The van der Waals surface area contributed by atoms with Gasteiger partial charge in [-0.15, -0.1) is 5.11 Å². The van der Waals surface area contributed by atoms with E-state index >= 15 is 0 Å². The summed E-state index contributed by atoms with van der Waals surface area (Å²) >= 11 is 0. The Hall–Kier alpha value is -4.04. The molecule has 0 heterocycles. The molecule has 0 saturated carbocycles. The fourth-order valence-electron chi connectivity index (χ4n) is 3.51. The Balaban J connectivity index is 1.67. The predicted octanol–water partition coefficient (Wildman–Crippen LogP) is 6.36. The fourth-order valence-corrected chi connectivity index (χ4v) is 4.54. The summed E-state index contributed by atoms with van der Waals surface area (Å²) in [5.41, 5.74) is 9.50. The quantitative estimate of drug-likeness (QED) is 0.144. The molecule has 0 atom stereocenters. The third-order valence-electron chi connectivity index (χ3n) is 5.47. The summed E-state index contributed by atoms with van der Waals surface area (Å²) in [4.78, 5) is -0.572. The van der Waals surface area contributed by atoms with Crippen LogP contribution in [0.4, 0.5) is 28.4 Å². The van der Waals surface area contributed by atoms with Gasteiger partial charge in [0.2, 0.25) is 0 Å². The van der Waals surface area contributed by atoms with E-state index in [0.717, 1.165) is 0 Å². The lowest BCUT2D eigenvalue weighted by molar-refractivity contribution is 0.481. The molecule has 0 amide bonds. The Morgan fingerprint density at radius 1 is 0.622 bits per heavy atom. The van der Waals surface area contributed by atoms with Gasteiger partial charge in [-0.3, -0.25) is 9.11 Å². The molecule has 0 aliphatic heterocycles. The van der Waals surface area contributed by atoms with Crippen molar-refractivity contribution < 1.29 is 25.9 Å². The minimum absolute atomic E-state index is 0.246. The van der Waals surface area contributed by atoms with E-state index in [1.54, 1.807) is 44.2 Å². The second-order valence-corrected chi connectivity index (χ2v) is 11.0. The van der Waals surface area contributed by atoms with Gasteiger partial charge in [-0.2, -0.15) is 32.2 Å². The number of nitrogen functional groups attached to an aromatic ring is 1. The molecule has 4 rings (SSSR count). The predicted molar refractivity (Wildman–Crippen MR) is 139 cm³/mol. The average Bonchev–Trinajstić information content (AvgIpc) is 2.83. The molecule has 11 nitrogen and oxygen atoms in total. The Bertz CT molecular complexity index is 1820. The van der Waals surface area contributed by atoms with Crippen LogP contribution in [0.3, 0.4) is 0 Å². The first kappa shape index (κ1) is 26.0. The number of fused-ring (bicyclic) bond motifs is 1. The summed E-state index contributed by atoms with van der Waals surface area (Å²) < 4.78 is 64.4. The lowest BCUT2D eigenvalue weighted by Gasteiger charge is -2.07. The molecule has 0 aliphatic carbocycles. The van der Waals surface area contributed by atoms with E-state index in [1.807, 2.05) is 0 Å². The van der Waals surface area contributed by atoms with Crippen LogP contribution in [0.1, 0.15) is 11.1 Å². The third-order valence-corrected chi connectivity index (χ3v) is 7.16. The number of benzene rings is 4. The Morgan fingerprint density at radius 2 is 1.19 bits per heavy atom. The van der Waals surface area contributed by atoms with Crippen molar-refractivity contribution in [1.29, 1.82) is 0 Å². The molecular weight excluding hydrogens is 518 g/mol. The van der Waals surface area contributed by atoms with E-state index < -0.39 is 20.2 Å². The maximum atomic E-state index is 11.6. The summed E-state index contributed by atoms with van der Waals surface area (Å²) in [6.07, 6.45) is 0. The topological polar surface area (TPSA) is 184 Å². The van der Waals surface area contributed by atoms with E-state index in [1.165, 1.54) is 36.4 Å². The number of aryl methyl sites for hydroxylation is 2. The number of anilines is 1. The van der Waals surface area contributed by atoms with E-state index in [2.05, 4.69) is 20.5 Å². The van der Waals surface area contributed by atoms with Gasteiger partial charge in [-0.25, -0.2) is 0 Å². The summed E-state index contributed by atoms with van der Waals surface area (Å²) in [7, 11) is -8.78. The maximum absolute atomic E-state index is 11.6. The van der Waals surface area contributed by atoms with Gasteiger partial charge in [-0.05, 0) is 79.6 Å². The van der Waals surface area contributed by atoms with Crippen LogP contribution in [0.15, 0.2) is 97.0 Å². The standard InChI is InChI=1S/C24H21N5O6S2/c1-14-11-24(15(2)10-23(14)28-26-16-4-3-5-17(12-16)36(30,31)32)29-27-22-9-8-21(25)19-7-6-18(13-20(19)22)37(33,34)35/h3-13H,25H2,1-2H3,(H,30,31,32)(H,33,34,35). The normalized spacial score (nSPS) is 12.6. The molecule has 4 aromatic rings. The largest absolute Gasteiger partial charge is 0.398 e. The van der Waals surface area contributed by atoms with E-state index in [0.29, 0.717) is 44.6 Å². The zero-order valence-corrected chi connectivity index (χ0v) is 21.2. The number of rotatable bonds is 6. The van der Waals surface area contributed by atoms with Crippen LogP contribution in [0, 0.1) is 13.8 Å². The lowest BCUT2D eigenvalue weighted by Crippen LogP contribution is -1.98. The minimum Gasteiger partial charge on any atom is -0.398 e. The highest BCUT2D eigenvalue weighted by atomic mass is 32.2. The van der Waals surface area contributed by atoms with Crippen molar-refractivity contribution in [1.82, 2.24) is 0 Å². The van der Waals surface area contributed by atoms with E-state index in [-0.39, 0.29) is 15.5 Å². The molecule has 4 aromatic carbocycles. The molecule has 0 saturated heterocycles. The van der Waals surface area contributed by atoms with Gasteiger partial charge in [0.25, 0.3) is 20.2 Å². The molecule has 13 heteroatoms. The number of hydrogen-bond acceptors (Lipinski definition) is 9. The first-order valence-electron chi connectivity index (χ1n) is 10.6. The van der Waals surface area contributed by atoms with Gasteiger partial charge < -0.3 is 5.73 Å². The molecule has 0 aliphatic rings. The van der Waals surface area contributed by atoms with Gasteiger partial charge in [0, 0.05) is 16.5 Å². The Kier molecular flexibility index (Phi) is 6.88.